The van der Waals surface area contributed by atoms with E-state index in [1.807, 2.05) is 0 Å². The minimum atomic E-state index is 0.785. The summed E-state index contributed by atoms with van der Waals surface area (Å²) in [4.78, 5) is 2.73. The van der Waals surface area contributed by atoms with Crippen molar-refractivity contribution in [3.63, 3.8) is 0 Å². The standard InChI is InChI=1S/C13H28N2/c1-4-7-13-8-5-6-9-15(13)11-12(2)10-14-3/h12-14H,4-11H2,1-3H3. The molecule has 2 nitrogen and oxygen atoms in total. The second kappa shape index (κ2) is 7.24. The lowest BCUT2D eigenvalue weighted by Gasteiger charge is -2.37. The number of likely N-dealkylation sites (tertiary alicyclic amines) is 1. The van der Waals surface area contributed by atoms with E-state index >= 15 is 0 Å². The molecule has 2 heteroatoms. The first-order valence-corrected chi connectivity index (χ1v) is 6.66. The van der Waals surface area contributed by atoms with Crippen LogP contribution in [0.25, 0.3) is 0 Å². The molecular weight excluding hydrogens is 184 g/mol. The van der Waals surface area contributed by atoms with Gasteiger partial charge in [-0.15, -0.1) is 0 Å². The van der Waals surface area contributed by atoms with Crippen LogP contribution in [-0.4, -0.2) is 37.6 Å². The van der Waals surface area contributed by atoms with Crippen LogP contribution in [0.15, 0.2) is 0 Å². The molecule has 1 rings (SSSR count). The molecule has 1 aliphatic rings. The molecule has 0 aliphatic carbocycles. The molecule has 15 heavy (non-hydrogen) atoms. The van der Waals surface area contributed by atoms with Gasteiger partial charge >= 0.3 is 0 Å². The highest BCUT2D eigenvalue weighted by Crippen LogP contribution is 2.21. The van der Waals surface area contributed by atoms with Crippen LogP contribution in [0.5, 0.6) is 0 Å². The van der Waals surface area contributed by atoms with Crippen LogP contribution in [0.1, 0.15) is 46.0 Å². The molecule has 2 unspecified atom stereocenters. The number of piperidine rings is 1. The molecule has 0 aromatic heterocycles. The first kappa shape index (κ1) is 13.0. The number of hydrogen-bond acceptors (Lipinski definition) is 2. The quantitative estimate of drug-likeness (QED) is 0.728. The van der Waals surface area contributed by atoms with Crippen molar-refractivity contribution in [1.29, 1.82) is 0 Å². The summed E-state index contributed by atoms with van der Waals surface area (Å²) in [6.45, 7) is 8.43. The third-order valence-corrected chi connectivity index (χ3v) is 3.47. The lowest BCUT2D eigenvalue weighted by molar-refractivity contribution is 0.121. The molecule has 1 fully saturated rings. The molecule has 1 N–H and O–H groups in total. The van der Waals surface area contributed by atoms with Gasteiger partial charge in [-0.25, -0.2) is 0 Å². The minimum absolute atomic E-state index is 0.785. The summed E-state index contributed by atoms with van der Waals surface area (Å²) in [5.41, 5.74) is 0. The van der Waals surface area contributed by atoms with E-state index in [-0.39, 0.29) is 0 Å². The maximum absolute atomic E-state index is 3.28. The van der Waals surface area contributed by atoms with Crippen LogP contribution in [0, 0.1) is 5.92 Å². The molecule has 1 heterocycles. The van der Waals surface area contributed by atoms with E-state index in [0.29, 0.717) is 0 Å². The predicted octanol–water partition coefficient (Wildman–Crippen LogP) is 2.50. The average Bonchev–Trinajstić information content (AvgIpc) is 2.21. The smallest absolute Gasteiger partial charge is 0.00952 e. The number of nitrogens with one attached hydrogen (secondary N) is 1. The Labute approximate surface area is 95.4 Å². The SMILES string of the molecule is CCCC1CCCCN1CC(C)CNC. The Balaban J connectivity index is 2.34. The van der Waals surface area contributed by atoms with Gasteiger partial charge in [0.25, 0.3) is 0 Å². The molecule has 0 radical (unpaired) electrons. The van der Waals surface area contributed by atoms with Crippen LogP contribution in [-0.2, 0) is 0 Å². The first-order chi connectivity index (χ1) is 7.27. The Morgan fingerprint density at radius 2 is 2.20 bits per heavy atom. The third kappa shape index (κ3) is 4.52. The second-order valence-electron chi connectivity index (χ2n) is 5.10. The largest absolute Gasteiger partial charge is 0.319 e. The molecule has 1 saturated heterocycles. The highest BCUT2D eigenvalue weighted by atomic mass is 15.2. The van der Waals surface area contributed by atoms with E-state index in [1.54, 1.807) is 0 Å². The van der Waals surface area contributed by atoms with Crippen LogP contribution < -0.4 is 5.32 Å². The van der Waals surface area contributed by atoms with Crippen LogP contribution in [0.4, 0.5) is 0 Å². The number of nitrogens with zero attached hydrogens (tertiary/aromatic N) is 1. The summed E-state index contributed by atoms with van der Waals surface area (Å²) in [5.74, 6) is 0.785. The zero-order valence-corrected chi connectivity index (χ0v) is 10.8. The van der Waals surface area contributed by atoms with E-state index in [9.17, 15) is 0 Å². The predicted molar refractivity (Wildman–Crippen MR) is 67.2 cm³/mol. The molecule has 90 valence electrons. The normalized spacial score (nSPS) is 25.4. The topological polar surface area (TPSA) is 15.3 Å². The van der Waals surface area contributed by atoms with Crippen LogP contribution in [0.3, 0.4) is 0 Å². The highest BCUT2D eigenvalue weighted by Gasteiger charge is 2.22. The fraction of sp³-hybridized carbons (Fsp3) is 1.00. The van der Waals surface area contributed by atoms with Crippen molar-refractivity contribution >= 4 is 0 Å². The molecular formula is C13H28N2. The molecule has 0 amide bonds. The average molecular weight is 212 g/mol. The summed E-state index contributed by atoms with van der Waals surface area (Å²) in [6, 6.07) is 0.878. The Bertz CT molecular complexity index is 157. The Kier molecular flexibility index (Phi) is 6.26. The van der Waals surface area contributed by atoms with Gasteiger partial charge in [-0.1, -0.05) is 26.7 Å². The summed E-state index contributed by atoms with van der Waals surface area (Å²) >= 11 is 0. The van der Waals surface area contributed by atoms with Gasteiger partial charge in [0, 0.05) is 12.6 Å². The third-order valence-electron chi connectivity index (χ3n) is 3.47. The number of rotatable bonds is 6. The van der Waals surface area contributed by atoms with Crippen molar-refractivity contribution in [2.45, 2.75) is 52.0 Å². The minimum Gasteiger partial charge on any atom is -0.319 e. The summed E-state index contributed by atoms with van der Waals surface area (Å²) < 4.78 is 0. The maximum Gasteiger partial charge on any atom is 0.00952 e. The fourth-order valence-electron chi connectivity index (χ4n) is 2.77. The van der Waals surface area contributed by atoms with E-state index < -0.39 is 0 Å². The maximum atomic E-state index is 3.28. The molecule has 0 spiro atoms. The van der Waals surface area contributed by atoms with Crippen LogP contribution in [0.2, 0.25) is 0 Å². The van der Waals surface area contributed by atoms with Gasteiger partial charge in [-0.3, -0.25) is 0 Å². The van der Waals surface area contributed by atoms with Gasteiger partial charge in [-0.05, 0) is 45.3 Å². The van der Waals surface area contributed by atoms with Crippen molar-refractivity contribution in [1.82, 2.24) is 10.2 Å². The molecule has 1 aliphatic heterocycles. The van der Waals surface area contributed by atoms with Crippen LogP contribution >= 0.6 is 0 Å². The second-order valence-corrected chi connectivity index (χ2v) is 5.10. The van der Waals surface area contributed by atoms with Crippen molar-refractivity contribution in [2.24, 2.45) is 5.92 Å². The Hall–Kier alpha value is -0.0800. The van der Waals surface area contributed by atoms with E-state index in [0.717, 1.165) is 18.5 Å². The Morgan fingerprint density at radius 1 is 1.40 bits per heavy atom. The lowest BCUT2D eigenvalue weighted by atomic mass is 9.97. The van der Waals surface area contributed by atoms with Gasteiger partial charge < -0.3 is 10.2 Å². The van der Waals surface area contributed by atoms with Gasteiger partial charge in [0.05, 0.1) is 0 Å². The molecule has 0 saturated carbocycles. The summed E-state index contributed by atoms with van der Waals surface area (Å²) in [5, 5.41) is 3.28. The van der Waals surface area contributed by atoms with Crippen molar-refractivity contribution in [2.75, 3.05) is 26.7 Å². The van der Waals surface area contributed by atoms with E-state index in [2.05, 4.69) is 31.1 Å². The van der Waals surface area contributed by atoms with Gasteiger partial charge in [-0.2, -0.15) is 0 Å². The molecule has 0 aromatic rings. The van der Waals surface area contributed by atoms with E-state index in [1.165, 1.54) is 45.2 Å². The first-order valence-electron chi connectivity index (χ1n) is 6.66. The summed E-state index contributed by atoms with van der Waals surface area (Å²) in [7, 11) is 2.05. The monoisotopic (exact) mass is 212 g/mol. The molecule has 0 aromatic carbocycles. The van der Waals surface area contributed by atoms with Crippen molar-refractivity contribution < 1.29 is 0 Å². The zero-order chi connectivity index (χ0) is 11.1. The summed E-state index contributed by atoms with van der Waals surface area (Å²) in [6.07, 6.45) is 7.02. The van der Waals surface area contributed by atoms with Crippen molar-refractivity contribution in [3.05, 3.63) is 0 Å². The van der Waals surface area contributed by atoms with Gasteiger partial charge in [0.2, 0.25) is 0 Å². The van der Waals surface area contributed by atoms with Gasteiger partial charge in [0.1, 0.15) is 0 Å². The van der Waals surface area contributed by atoms with E-state index in [4.69, 9.17) is 0 Å². The zero-order valence-electron chi connectivity index (χ0n) is 10.8. The number of hydrogen-bond donors (Lipinski definition) is 1. The Morgan fingerprint density at radius 3 is 2.87 bits per heavy atom. The lowest BCUT2D eigenvalue weighted by Crippen LogP contribution is -2.43. The highest BCUT2D eigenvalue weighted by molar-refractivity contribution is 4.78. The van der Waals surface area contributed by atoms with Crippen molar-refractivity contribution in [3.8, 4) is 0 Å². The molecule has 2 atom stereocenters. The fourth-order valence-corrected chi connectivity index (χ4v) is 2.77. The van der Waals surface area contributed by atoms with Gasteiger partial charge in [0.15, 0.2) is 0 Å². The molecule has 0 bridgehead atoms.